The van der Waals surface area contributed by atoms with Crippen molar-refractivity contribution in [1.82, 2.24) is 0 Å². The molecule has 150 valence electrons. The number of benzene rings is 2. The van der Waals surface area contributed by atoms with E-state index in [1.54, 1.807) is 0 Å². The Kier molecular flexibility index (Phi) is 10.7. The Balaban J connectivity index is 0.000000416. The van der Waals surface area contributed by atoms with Gasteiger partial charge in [-0.1, -0.05) is 43.3 Å². The second-order valence-corrected chi connectivity index (χ2v) is 5.85. The van der Waals surface area contributed by atoms with Gasteiger partial charge in [0.2, 0.25) is 5.78 Å². The summed E-state index contributed by atoms with van der Waals surface area (Å²) in [6.07, 6.45) is 2.02. The SMILES string of the molecule is CCCC(=O)OCC.O=C(CCc1ccccc1)C(=O)Oc1cccc(O)c1. The normalized spacial score (nSPS) is 9.64. The minimum absolute atomic E-state index is 0.0213. The number of ether oxygens (including phenoxy) is 2. The standard InChI is InChI=1S/C16H14O4.C6H12O2/c17-13-7-4-8-14(11-13)20-16(19)15(18)10-9-12-5-2-1-3-6-12;1-3-5-6(7)8-4-2/h1-8,11,17H,9-10H2;3-5H2,1-2H3. The first kappa shape index (κ1) is 22.9. The van der Waals surface area contributed by atoms with Crippen molar-refractivity contribution in [1.29, 1.82) is 0 Å². The average molecular weight is 386 g/mol. The Morgan fingerprint density at radius 3 is 2.25 bits per heavy atom. The van der Waals surface area contributed by atoms with Gasteiger partial charge in [0.15, 0.2) is 0 Å². The van der Waals surface area contributed by atoms with E-state index in [-0.39, 0.29) is 23.9 Å². The van der Waals surface area contributed by atoms with Crippen LogP contribution >= 0.6 is 0 Å². The molecule has 2 aromatic carbocycles. The molecule has 0 aromatic heterocycles. The number of rotatable bonds is 8. The number of phenols is 1. The highest BCUT2D eigenvalue weighted by atomic mass is 16.5. The molecule has 6 nitrogen and oxygen atoms in total. The number of hydrogen-bond donors (Lipinski definition) is 1. The molecule has 0 saturated carbocycles. The summed E-state index contributed by atoms with van der Waals surface area (Å²) < 4.78 is 9.54. The first-order valence-electron chi connectivity index (χ1n) is 9.19. The van der Waals surface area contributed by atoms with Gasteiger partial charge in [0, 0.05) is 18.9 Å². The van der Waals surface area contributed by atoms with E-state index in [0.717, 1.165) is 12.0 Å². The molecule has 0 aliphatic carbocycles. The van der Waals surface area contributed by atoms with Crippen molar-refractivity contribution >= 4 is 17.7 Å². The molecule has 0 bridgehead atoms. The molecule has 0 amide bonds. The van der Waals surface area contributed by atoms with Gasteiger partial charge >= 0.3 is 11.9 Å². The number of Topliss-reactive ketones (excluding diaryl/α,β-unsaturated/α-hetero) is 1. The number of carbonyl (C=O) groups is 3. The molecular weight excluding hydrogens is 360 g/mol. The molecular formula is C22H26O6. The van der Waals surface area contributed by atoms with E-state index in [2.05, 4.69) is 4.74 Å². The van der Waals surface area contributed by atoms with E-state index in [0.29, 0.717) is 19.4 Å². The molecule has 0 spiro atoms. The molecule has 6 heteroatoms. The van der Waals surface area contributed by atoms with Crippen LogP contribution < -0.4 is 4.74 Å². The van der Waals surface area contributed by atoms with Gasteiger partial charge in [0.1, 0.15) is 11.5 Å². The van der Waals surface area contributed by atoms with E-state index in [1.165, 1.54) is 24.3 Å². The monoisotopic (exact) mass is 386 g/mol. The van der Waals surface area contributed by atoms with Crippen LogP contribution in [0, 0.1) is 0 Å². The zero-order valence-corrected chi connectivity index (χ0v) is 16.2. The van der Waals surface area contributed by atoms with Crippen molar-refractivity contribution in [2.75, 3.05) is 6.61 Å². The van der Waals surface area contributed by atoms with Gasteiger partial charge in [-0.15, -0.1) is 0 Å². The van der Waals surface area contributed by atoms with E-state index in [1.807, 2.05) is 44.2 Å². The molecule has 2 aromatic rings. The zero-order valence-electron chi connectivity index (χ0n) is 16.2. The lowest BCUT2D eigenvalue weighted by atomic mass is 10.1. The largest absolute Gasteiger partial charge is 0.508 e. The van der Waals surface area contributed by atoms with Crippen LogP contribution in [0.1, 0.15) is 38.7 Å². The van der Waals surface area contributed by atoms with Crippen molar-refractivity contribution in [3.63, 3.8) is 0 Å². The summed E-state index contributed by atoms with van der Waals surface area (Å²) >= 11 is 0. The molecule has 0 unspecified atom stereocenters. The predicted octanol–water partition coefficient (Wildman–Crippen LogP) is 3.85. The molecule has 0 aliphatic rings. The van der Waals surface area contributed by atoms with E-state index in [4.69, 9.17) is 4.74 Å². The number of aryl methyl sites for hydroxylation is 1. The number of esters is 2. The smallest absolute Gasteiger partial charge is 0.379 e. The quantitative estimate of drug-likeness (QED) is 0.421. The predicted molar refractivity (Wildman–Crippen MR) is 105 cm³/mol. The fourth-order valence-electron chi connectivity index (χ4n) is 2.15. The first-order valence-corrected chi connectivity index (χ1v) is 9.19. The first-order chi connectivity index (χ1) is 13.5. The van der Waals surface area contributed by atoms with Gasteiger partial charge in [-0.3, -0.25) is 9.59 Å². The minimum atomic E-state index is -0.911. The van der Waals surface area contributed by atoms with Crippen molar-refractivity contribution in [3.05, 3.63) is 60.2 Å². The summed E-state index contributed by atoms with van der Waals surface area (Å²) in [5.41, 5.74) is 0.992. The molecule has 0 aliphatic heterocycles. The van der Waals surface area contributed by atoms with Crippen LogP contribution in [-0.2, 0) is 25.5 Å². The molecule has 0 atom stereocenters. The van der Waals surface area contributed by atoms with Gasteiger partial charge in [0.25, 0.3) is 0 Å². The highest BCUT2D eigenvalue weighted by molar-refractivity contribution is 6.34. The van der Waals surface area contributed by atoms with Crippen LogP contribution in [0.5, 0.6) is 11.5 Å². The van der Waals surface area contributed by atoms with E-state index >= 15 is 0 Å². The van der Waals surface area contributed by atoms with Gasteiger partial charge in [-0.2, -0.15) is 0 Å². The van der Waals surface area contributed by atoms with Crippen molar-refractivity contribution in [2.24, 2.45) is 0 Å². The Hall–Kier alpha value is -3.15. The third-order valence-electron chi connectivity index (χ3n) is 3.50. The second-order valence-electron chi connectivity index (χ2n) is 5.85. The van der Waals surface area contributed by atoms with Crippen LogP contribution in [0.2, 0.25) is 0 Å². The topological polar surface area (TPSA) is 89.9 Å². The Labute approximate surface area is 165 Å². The highest BCUT2D eigenvalue weighted by Crippen LogP contribution is 2.18. The number of hydrogen-bond acceptors (Lipinski definition) is 6. The summed E-state index contributed by atoms with van der Waals surface area (Å²) in [5, 5.41) is 9.24. The molecule has 0 saturated heterocycles. The van der Waals surface area contributed by atoms with Crippen LogP contribution in [0.3, 0.4) is 0 Å². The third kappa shape index (κ3) is 9.52. The lowest BCUT2D eigenvalue weighted by Crippen LogP contribution is -2.20. The van der Waals surface area contributed by atoms with Gasteiger partial charge in [-0.05, 0) is 37.5 Å². The van der Waals surface area contributed by atoms with Gasteiger partial charge < -0.3 is 14.6 Å². The van der Waals surface area contributed by atoms with Crippen molar-refractivity contribution < 1.29 is 29.0 Å². The average Bonchev–Trinajstić information content (AvgIpc) is 2.68. The molecule has 0 heterocycles. The second kappa shape index (κ2) is 13.1. The summed E-state index contributed by atoms with van der Waals surface area (Å²) in [5.74, 6) is -1.45. The van der Waals surface area contributed by atoms with Crippen molar-refractivity contribution in [3.8, 4) is 11.5 Å². The Bertz CT molecular complexity index is 747. The lowest BCUT2D eigenvalue weighted by Gasteiger charge is -2.04. The highest BCUT2D eigenvalue weighted by Gasteiger charge is 2.16. The number of carbonyl (C=O) groups excluding carboxylic acids is 3. The van der Waals surface area contributed by atoms with Crippen LogP contribution in [0.4, 0.5) is 0 Å². The van der Waals surface area contributed by atoms with Crippen molar-refractivity contribution in [2.45, 2.75) is 39.5 Å². The third-order valence-corrected chi connectivity index (χ3v) is 3.50. The van der Waals surface area contributed by atoms with Crippen LogP contribution in [0.15, 0.2) is 54.6 Å². The van der Waals surface area contributed by atoms with Gasteiger partial charge in [-0.25, -0.2) is 4.79 Å². The summed E-state index contributed by atoms with van der Waals surface area (Å²) in [4.78, 5) is 33.7. The molecule has 0 radical (unpaired) electrons. The van der Waals surface area contributed by atoms with Crippen LogP contribution in [0.25, 0.3) is 0 Å². The van der Waals surface area contributed by atoms with Gasteiger partial charge in [0.05, 0.1) is 6.61 Å². The number of ketones is 1. The lowest BCUT2D eigenvalue weighted by molar-refractivity contribution is -0.147. The fourth-order valence-corrected chi connectivity index (χ4v) is 2.15. The van der Waals surface area contributed by atoms with E-state index < -0.39 is 11.8 Å². The Morgan fingerprint density at radius 2 is 1.64 bits per heavy atom. The fraction of sp³-hybridized carbons (Fsp3) is 0.318. The molecule has 0 fully saturated rings. The van der Waals surface area contributed by atoms with E-state index in [9.17, 15) is 19.5 Å². The number of aromatic hydroxyl groups is 1. The summed E-state index contributed by atoms with van der Waals surface area (Å²) in [6.45, 7) is 4.27. The summed E-state index contributed by atoms with van der Waals surface area (Å²) in [7, 11) is 0. The Morgan fingerprint density at radius 1 is 0.929 bits per heavy atom. The maximum atomic E-state index is 11.7. The maximum absolute atomic E-state index is 11.7. The number of phenolic OH excluding ortho intramolecular Hbond substituents is 1. The van der Waals surface area contributed by atoms with Crippen LogP contribution in [-0.4, -0.2) is 29.4 Å². The maximum Gasteiger partial charge on any atom is 0.379 e. The molecule has 1 N–H and O–H groups in total. The molecule has 2 rings (SSSR count). The molecule has 28 heavy (non-hydrogen) atoms. The minimum Gasteiger partial charge on any atom is -0.508 e. The summed E-state index contributed by atoms with van der Waals surface area (Å²) in [6, 6.07) is 15.2. The zero-order chi connectivity index (χ0) is 20.8.